The first kappa shape index (κ1) is 17.2. The molecule has 0 saturated carbocycles. The lowest BCUT2D eigenvalue weighted by Crippen LogP contribution is -2.30. The average molecular weight is 332 g/mol. The quantitative estimate of drug-likeness (QED) is 0.814. The highest BCUT2D eigenvalue weighted by molar-refractivity contribution is 7.89. The second-order valence-corrected chi connectivity index (χ2v) is 6.99. The van der Waals surface area contributed by atoms with Crippen molar-refractivity contribution in [2.45, 2.75) is 24.8 Å². The highest BCUT2D eigenvalue weighted by atomic mass is 32.2. The molecule has 23 heavy (non-hydrogen) atoms. The number of hydrogen-bond acceptors (Lipinski definition) is 3. The van der Waals surface area contributed by atoms with Crippen molar-refractivity contribution in [2.24, 2.45) is 0 Å². The topological polar surface area (TPSA) is 75.3 Å². The van der Waals surface area contributed by atoms with Crippen molar-refractivity contribution >= 4 is 15.9 Å². The van der Waals surface area contributed by atoms with Gasteiger partial charge in [0, 0.05) is 19.5 Å². The summed E-state index contributed by atoms with van der Waals surface area (Å²) in [6, 6.07) is 16.0. The Bertz CT molecular complexity index is 741. The molecular formula is C17H20N2O3S. The Morgan fingerprint density at radius 3 is 2.30 bits per heavy atom. The predicted octanol–water partition coefficient (Wildman–Crippen LogP) is 1.98. The molecule has 2 aromatic carbocycles. The van der Waals surface area contributed by atoms with Crippen molar-refractivity contribution < 1.29 is 13.2 Å². The Kier molecular flexibility index (Phi) is 5.90. The molecule has 0 saturated heterocycles. The smallest absolute Gasteiger partial charge is 0.240 e. The van der Waals surface area contributed by atoms with Crippen LogP contribution in [0.2, 0.25) is 0 Å². The zero-order chi connectivity index (χ0) is 16.7. The van der Waals surface area contributed by atoms with E-state index in [1.165, 1.54) is 12.1 Å². The second kappa shape index (κ2) is 7.89. The minimum Gasteiger partial charge on any atom is -0.352 e. The van der Waals surface area contributed by atoms with E-state index in [0.29, 0.717) is 6.54 Å². The van der Waals surface area contributed by atoms with E-state index in [1.54, 1.807) is 18.2 Å². The summed E-state index contributed by atoms with van der Waals surface area (Å²) in [6.07, 6.45) is 0.0952. The number of amides is 1. The Morgan fingerprint density at radius 2 is 1.65 bits per heavy atom. The molecule has 2 N–H and O–H groups in total. The molecule has 2 aromatic rings. The van der Waals surface area contributed by atoms with Crippen LogP contribution in [0.5, 0.6) is 0 Å². The third-order valence-electron chi connectivity index (χ3n) is 3.31. The van der Waals surface area contributed by atoms with E-state index in [1.807, 2.05) is 31.2 Å². The minimum absolute atomic E-state index is 0.0664. The molecule has 0 radical (unpaired) electrons. The van der Waals surface area contributed by atoms with Gasteiger partial charge in [-0.1, -0.05) is 48.0 Å². The number of carbonyl (C=O) groups excluding carboxylic acids is 1. The number of carbonyl (C=O) groups is 1. The summed E-state index contributed by atoms with van der Waals surface area (Å²) in [5.74, 6) is -0.193. The van der Waals surface area contributed by atoms with Gasteiger partial charge in [0.25, 0.3) is 0 Å². The zero-order valence-electron chi connectivity index (χ0n) is 13.0. The van der Waals surface area contributed by atoms with Crippen LogP contribution in [0.1, 0.15) is 17.5 Å². The number of rotatable bonds is 7. The molecule has 0 heterocycles. The number of nitrogens with one attached hydrogen (secondary N) is 2. The lowest BCUT2D eigenvalue weighted by atomic mass is 10.1. The number of hydrogen-bond donors (Lipinski definition) is 2. The molecule has 6 heteroatoms. The van der Waals surface area contributed by atoms with E-state index in [2.05, 4.69) is 10.0 Å². The van der Waals surface area contributed by atoms with Gasteiger partial charge in [-0.2, -0.15) is 0 Å². The van der Waals surface area contributed by atoms with E-state index in [4.69, 9.17) is 0 Å². The van der Waals surface area contributed by atoms with Gasteiger partial charge < -0.3 is 5.32 Å². The third kappa shape index (κ3) is 5.50. The molecule has 0 aromatic heterocycles. The van der Waals surface area contributed by atoms with Crippen LogP contribution in [-0.4, -0.2) is 20.9 Å². The molecule has 0 aliphatic heterocycles. The highest BCUT2D eigenvalue weighted by Crippen LogP contribution is 2.07. The summed E-state index contributed by atoms with van der Waals surface area (Å²) >= 11 is 0. The fourth-order valence-corrected chi connectivity index (χ4v) is 3.03. The number of sulfonamides is 1. The normalized spacial score (nSPS) is 11.2. The van der Waals surface area contributed by atoms with Crippen LogP contribution in [0, 0.1) is 6.92 Å². The molecule has 5 nitrogen and oxygen atoms in total. The van der Waals surface area contributed by atoms with Gasteiger partial charge in [-0.25, -0.2) is 13.1 Å². The Morgan fingerprint density at radius 1 is 1.00 bits per heavy atom. The zero-order valence-corrected chi connectivity index (χ0v) is 13.8. The summed E-state index contributed by atoms with van der Waals surface area (Å²) in [7, 11) is -3.56. The summed E-state index contributed by atoms with van der Waals surface area (Å²) in [5, 5.41) is 2.77. The fraction of sp³-hybridized carbons (Fsp3) is 0.235. The van der Waals surface area contributed by atoms with Crippen molar-refractivity contribution in [1.82, 2.24) is 10.0 Å². The standard InChI is InChI=1S/C17H20N2O3S/c1-14-7-9-15(10-8-14)13-18-17(20)11-12-19-23(21,22)16-5-3-2-4-6-16/h2-10,19H,11-13H2,1H3,(H,18,20). The first-order chi connectivity index (χ1) is 11.0. The maximum Gasteiger partial charge on any atom is 0.240 e. The Balaban J connectivity index is 1.75. The van der Waals surface area contributed by atoms with Gasteiger partial charge in [0.1, 0.15) is 0 Å². The summed E-state index contributed by atoms with van der Waals surface area (Å²) in [4.78, 5) is 12.0. The van der Waals surface area contributed by atoms with E-state index < -0.39 is 10.0 Å². The van der Waals surface area contributed by atoms with Crippen molar-refractivity contribution in [1.29, 1.82) is 0 Å². The van der Waals surface area contributed by atoms with Gasteiger partial charge in [0.15, 0.2) is 0 Å². The first-order valence-corrected chi connectivity index (χ1v) is 8.83. The molecule has 0 aliphatic carbocycles. The van der Waals surface area contributed by atoms with Crippen molar-refractivity contribution in [3.63, 3.8) is 0 Å². The molecule has 0 atom stereocenters. The summed E-state index contributed by atoms with van der Waals surface area (Å²) in [5.41, 5.74) is 2.17. The Hall–Kier alpha value is -2.18. The van der Waals surface area contributed by atoms with Gasteiger partial charge in [-0.15, -0.1) is 0 Å². The average Bonchev–Trinajstić information content (AvgIpc) is 2.55. The lowest BCUT2D eigenvalue weighted by molar-refractivity contribution is -0.121. The van der Waals surface area contributed by atoms with E-state index in [9.17, 15) is 13.2 Å². The van der Waals surface area contributed by atoms with Gasteiger partial charge in [0.2, 0.25) is 15.9 Å². The van der Waals surface area contributed by atoms with Crippen LogP contribution in [0.25, 0.3) is 0 Å². The minimum atomic E-state index is -3.56. The second-order valence-electron chi connectivity index (χ2n) is 5.22. The molecular weight excluding hydrogens is 312 g/mol. The van der Waals surface area contributed by atoms with Crippen molar-refractivity contribution in [3.8, 4) is 0 Å². The number of aryl methyl sites for hydroxylation is 1. The van der Waals surface area contributed by atoms with Gasteiger partial charge in [0.05, 0.1) is 4.90 Å². The molecule has 0 spiro atoms. The summed E-state index contributed by atoms with van der Waals surface area (Å²) in [6.45, 7) is 2.50. The maximum atomic E-state index is 12.0. The van der Waals surface area contributed by atoms with Gasteiger partial charge in [-0.3, -0.25) is 4.79 Å². The van der Waals surface area contributed by atoms with E-state index in [0.717, 1.165) is 11.1 Å². The largest absolute Gasteiger partial charge is 0.352 e. The molecule has 0 unspecified atom stereocenters. The molecule has 0 fully saturated rings. The molecule has 0 bridgehead atoms. The van der Waals surface area contributed by atoms with Gasteiger partial charge in [-0.05, 0) is 24.6 Å². The Labute approximate surface area is 136 Å². The maximum absolute atomic E-state index is 12.0. The van der Waals surface area contributed by atoms with Crippen LogP contribution >= 0.6 is 0 Å². The van der Waals surface area contributed by atoms with Crippen LogP contribution < -0.4 is 10.0 Å². The third-order valence-corrected chi connectivity index (χ3v) is 4.78. The van der Waals surface area contributed by atoms with Crippen molar-refractivity contribution in [2.75, 3.05) is 6.54 Å². The molecule has 2 rings (SSSR count). The van der Waals surface area contributed by atoms with E-state index in [-0.39, 0.29) is 23.8 Å². The highest BCUT2D eigenvalue weighted by Gasteiger charge is 2.13. The fourth-order valence-electron chi connectivity index (χ4n) is 1.98. The predicted molar refractivity (Wildman–Crippen MR) is 89.3 cm³/mol. The number of benzene rings is 2. The monoisotopic (exact) mass is 332 g/mol. The van der Waals surface area contributed by atoms with Gasteiger partial charge >= 0.3 is 0 Å². The first-order valence-electron chi connectivity index (χ1n) is 7.34. The van der Waals surface area contributed by atoms with Crippen LogP contribution in [0.3, 0.4) is 0 Å². The van der Waals surface area contributed by atoms with Crippen LogP contribution in [0.4, 0.5) is 0 Å². The lowest BCUT2D eigenvalue weighted by Gasteiger charge is -2.08. The molecule has 0 aliphatic rings. The SMILES string of the molecule is Cc1ccc(CNC(=O)CCNS(=O)(=O)c2ccccc2)cc1. The van der Waals surface area contributed by atoms with Crippen LogP contribution in [0.15, 0.2) is 59.5 Å². The van der Waals surface area contributed by atoms with E-state index >= 15 is 0 Å². The summed E-state index contributed by atoms with van der Waals surface area (Å²) < 4.78 is 26.4. The molecule has 122 valence electrons. The molecule has 1 amide bonds. The van der Waals surface area contributed by atoms with Crippen LogP contribution in [-0.2, 0) is 21.4 Å². The van der Waals surface area contributed by atoms with Crippen molar-refractivity contribution in [3.05, 3.63) is 65.7 Å².